The summed E-state index contributed by atoms with van der Waals surface area (Å²) in [5.74, 6) is -4.44. The minimum absolute atomic E-state index is 0.210. The summed E-state index contributed by atoms with van der Waals surface area (Å²) in [6, 6.07) is 2.96. The van der Waals surface area contributed by atoms with Gasteiger partial charge in [0.2, 0.25) is 0 Å². The van der Waals surface area contributed by atoms with Gasteiger partial charge in [0.1, 0.15) is 11.8 Å². The van der Waals surface area contributed by atoms with Crippen LogP contribution in [0.15, 0.2) is 12.1 Å². The largest absolute Gasteiger partial charge is 0.479 e. The number of nitrogens with zero attached hydrogens (tertiary/aromatic N) is 1. The molecule has 0 spiro atoms. The maximum Gasteiger partial charge on any atom is 0.194 e. The van der Waals surface area contributed by atoms with Crippen LogP contribution in [-0.2, 0) is 0 Å². The summed E-state index contributed by atoms with van der Waals surface area (Å²) < 4.78 is 41.9. The number of ether oxygens (including phenoxy) is 1. The molecular weight excluding hydrogens is 183 g/mol. The van der Waals surface area contributed by atoms with Crippen LogP contribution in [-0.4, -0.2) is 6.61 Å². The van der Waals surface area contributed by atoms with E-state index in [0.29, 0.717) is 12.1 Å². The van der Waals surface area contributed by atoms with E-state index in [4.69, 9.17) is 5.26 Å². The molecule has 0 atom stereocenters. The molecule has 0 saturated heterocycles. The average molecular weight is 187 g/mol. The van der Waals surface area contributed by atoms with Crippen molar-refractivity contribution in [1.29, 1.82) is 5.26 Å². The van der Waals surface area contributed by atoms with Crippen LogP contribution in [0.1, 0.15) is 0 Å². The smallest absolute Gasteiger partial charge is 0.194 e. The number of nitriles is 1. The lowest BCUT2D eigenvalue weighted by Crippen LogP contribution is -1.97. The number of benzene rings is 1. The highest BCUT2D eigenvalue weighted by atomic mass is 19.2. The Hall–Kier alpha value is -1.70. The summed E-state index contributed by atoms with van der Waals surface area (Å²) in [5.41, 5.74) is 0. The molecule has 0 aromatic heterocycles. The van der Waals surface area contributed by atoms with Crippen LogP contribution >= 0.6 is 0 Å². The van der Waals surface area contributed by atoms with Gasteiger partial charge in [0, 0.05) is 12.1 Å². The minimum atomic E-state index is -1.55. The third kappa shape index (κ3) is 2.12. The second-order valence-corrected chi connectivity index (χ2v) is 2.15. The first-order valence-corrected chi connectivity index (χ1v) is 3.29. The lowest BCUT2D eigenvalue weighted by Gasteiger charge is -2.02. The second-order valence-electron chi connectivity index (χ2n) is 2.15. The molecule has 0 heterocycles. The van der Waals surface area contributed by atoms with Crippen molar-refractivity contribution in [3.05, 3.63) is 29.6 Å². The Morgan fingerprint density at radius 1 is 1.23 bits per heavy atom. The zero-order valence-electron chi connectivity index (χ0n) is 6.35. The fraction of sp³-hybridized carbons (Fsp3) is 0.125. The summed E-state index contributed by atoms with van der Waals surface area (Å²) in [6.45, 7) is -0.343. The average Bonchev–Trinajstić information content (AvgIpc) is 2.10. The number of halogens is 3. The molecular formula is C8H4F3NO. The molecule has 5 heteroatoms. The molecule has 0 aliphatic rings. The maximum atomic E-state index is 12.5. The molecule has 0 amide bonds. The summed E-state index contributed by atoms with van der Waals surface area (Å²) in [7, 11) is 0. The van der Waals surface area contributed by atoms with E-state index in [-0.39, 0.29) is 12.4 Å². The van der Waals surface area contributed by atoms with Crippen LogP contribution in [0.25, 0.3) is 0 Å². The molecule has 13 heavy (non-hydrogen) atoms. The standard InChI is InChI=1S/C8H4F3NO/c9-6-3-5(13-2-1-12)4-7(10)8(6)11/h3-4H,2H2. The number of hydrogen-bond acceptors (Lipinski definition) is 2. The fourth-order valence-corrected chi connectivity index (χ4v) is 0.731. The maximum absolute atomic E-state index is 12.5. The van der Waals surface area contributed by atoms with Gasteiger partial charge in [-0.3, -0.25) is 0 Å². The van der Waals surface area contributed by atoms with Gasteiger partial charge in [-0.2, -0.15) is 5.26 Å². The minimum Gasteiger partial charge on any atom is -0.479 e. The normalized spacial score (nSPS) is 9.38. The van der Waals surface area contributed by atoms with Crippen LogP contribution in [0.5, 0.6) is 5.75 Å². The van der Waals surface area contributed by atoms with Gasteiger partial charge < -0.3 is 4.74 Å². The number of rotatable bonds is 2. The predicted molar refractivity (Wildman–Crippen MR) is 37.4 cm³/mol. The van der Waals surface area contributed by atoms with Crippen molar-refractivity contribution in [2.45, 2.75) is 0 Å². The molecule has 0 saturated carbocycles. The first-order valence-electron chi connectivity index (χ1n) is 3.29. The van der Waals surface area contributed by atoms with E-state index in [1.165, 1.54) is 0 Å². The Morgan fingerprint density at radius 3 is 2.23 bits per heavy atom. The zero-order valence-corrected chi connectivity index (χ0v) is 6.35. The van der Waals surface area contributed by atoms with Gasteiger partial charge in [-0.25, -0.2) is 13.2 Å². The monoisotopic (exact) mass is 187 g/mol. The third-order valence-electron chi connectivity index (χ3n) is 1.26. The molecule has 1 rings (SSSR count). The molecule has 0 radical (unpaired) electrons. The van der Waals surface area contributed by atoms with Crippen molar-refractivity contribution >= 4 is 0 Å². The molecule has 1 aromatic rings. The highest BCUT2D eigenvalue weighted by Gasteiger charge is 2.10. The van der Waals surface area contributed by atoms with Crippen molar-refractivity contribution in [1.82, 2.24) is 0 Å². The summed E-state index contributed by atoms with van der Waals surface area (Å²) >= 11 is 0. The van der Waals surface area contributed by atoms with Gasteiger partial charge in [-0.05, 0) is 0 Å². The number of hydrogen-bond donors (Lipinski definition) is 0. The molecule has 0 fully saturated rings. The fourth-order valence-electron chi connectivity index (χ4n) is 0.731. The van der Waals surface area contributed by atoms with Crippen LogP contribution in [0.3, 0.4) is 0 Å². The van der Waals surface area contributed by atoms with E-state index in [2.05, 4.69) is 4.74 Å². The van der Waals surface area contributed by atoms with Crippen LogP contribution in [0.4, 0.5) is 13.2 Å². The molecule has 0 N–H and O–H groups in total. The van der Waals surface area contributed by atoms with Crippen molar-refractivity contribution < 1.29 is 17.9 Å². The molecule has 0 aliphatic heterocycles. The van der Waals surface area contributed by atoms with Gasteiger partial charge >= 0.3 is 0 Å². The van der Waals surface area contributed by atoms with Crippen molar-refractivity contribution in [3.63, 3.8) is 0 Å². The first-order chi connectivity index (χ1) is 6.15. The van der Waals surface area contributed by atoms with E-state index >= 15 is 0 Å². The van der Waals surface area contributed by atoms with Gasteiger partial charge in [-0.1, -0.05) is 0 Å². The SMILES string of the molecule is N#CCOc1cc(F)c(F)c(F)c1. The quantitative estimate of drug-likeness (QED) is 0.663. The van der Waals surface area contributed by atoms with E-state index in [0.717, 1.165) is 0 Å². The van der Waals surface area contributed by atoms with Crippen molar-refractivity contribution in [2.75, 3.05) is 6.61 Å². The summed E-state index contributed by atoms with van der Waals surface area (Å²) in [4.78, 5) is 0. The van der Waals surface area contributed by atoms with Crippen molar-refractivity contribution in [3.8, 4) is 11.8 Å². The Morgan fingerprint density at radius 2 is 1.77 bits per heavy atom. The van der Waals surface area contributed by atoms with E-state index in [1.807, 2.05) is 0 Å². The Labute approximate surface area is 72.2 Å². The molecule has 0 unspecified atom stereocenters. The topological polar surface area (TPSA) is 33.0 Å². The van der Waals surface area contributed by atoms with Crippen LogP contribution in [0, 0.1) is 28.8 Å². The lowest BCUT2D eigenvalue weighted by atomic mass is 10.3. The first kappa shape index (κ1) is 9.39. The van der Waals surface area contributed by atoms with Gasteiger partial charge in [-0.15, -0.1) is 0 Å². The summed E-state index contributed by atoms with van der Waals surface area (Å²) in [5, 5.41) is 8.08. The second kappa shape index (κ2) is 3.81. The van der Waals surface area contributed by atoms with E-state index < -0.39 is 17.5 Å². The highest BCUT2D eigenvalue weighted by Crippen LogP contribution is 2.18. The predicted octanol–water partition coefficient (Wildman–Crippen LogP) is 2.01. The Kier molecular flexibility index (Phi) is 2.75. The van der Waals surface area contributed by atoms with Gasteiger partial charge in [0.25, 0.3) is 0 Å². The Balaban J connectivity index is 2.94. The lowest BCUT2D eigenvalue weighted by molar-refractivity contribution is 0.355. The van der Waals surface area contributed by atoms with Crippen LogP contribution in [0.2, 0.25) is 0 Å². The highest BCUT2D eigenvalue weighted by molar-refractivity contribution is 5.25. The molecule has 0 aliphatic carbocycles. The molecule has 0 bridgehead atoms. The van der Waals surface area contributed by atoms with Crippen molar-refractivity contribution in [2.24, 2.45) is 0 Å². The van der Waals surface area contributed by atoms with Gasteiger partial charge in [0.05, 0.1) is 0 Å². The molecule has 68 valence electrons. The van der Waals surface area contributed by atoms with Crippen LogP contribution < -0.4 is 4.74 Å². The Bertz CT molecular complexity index is 336. The van der Waals surface area contributed by atoms with E-state index in [1.54, 1.807) is 6.07 Å². The molecule has 2 nitrogen and oxygen atoms in total. The zero-order chi connectivity index (χ0) is 9.84. The molecule has 1 aromatic carbocycles. The third-order valence-corrected chi connectivity index (χ3v) is 1.26. The summed E-state index contributed by atoms with van der Waals surface area (Å²) in [6.07, 6.45) is 0. The van der Waals surface area contributed by atoms with Gasteiger partial charge in [0.15, 0.2) is 24.1 Å². The van der Waals surface area contributed by atoms with E-state index in [9.17, 15) is 13.2 Å².